The summed E-state index contributed by atoms with van der Waals surface area (Å²) in [4.78, 5) is 22.2. The summed E-state index contributed by atoms with van der Waals surface area (Å²) in [5.74, 6) is -0.559. The second kappa shape index (κ2) is 8.34. The molecule has 106 valence electrons. The van der Waals surface area contributed by atoms with Crippen molar-refractivity contribution in [2.45, 2.75) is 39.0 Å². The first kappa shape index (κ1) is 15.3. The van der Waals surface area contributed by atoms with Crippen molar-refractivity contribution in [3.8, 4) is 0 Å². The lowest BCUT2D eigenvalue weighted by molar-refractivity contribution is -0.137. The maximum Gasteiger partial charge on any atom is 0.303 e. The maximum atomic E-state index is 11.6. The second-order valence-electron chi connectivity index (χ2n) is 4.64. The molecule has 5 nitrogen and oxygen atoms in total. The molecule has 19 heavy (non-hydrogen) atoms. The Kier molecular flexibility index (Phi) is 6.71. The molecule has 0 spiro atoms. The quantitative estimate of drug-likeness (QED) is 0.721. The molecule has 1 atom stereocenters. The van der Waals surface area contributed by atoms with Crippen molar-refractivity contribution in [2.75, 3.05) is 6.54 Å². The molecule has 0 bridgehead atoms. The molecular formula is C14H21NO4. The van der Waals surface area contributed by atoms with Crippen LogP contribution in [0.2, 0.25) is 0 Å². The summed E-state index contributed by atoms with van der Waals surface area (Å²) in [5, 5.41) is 11.5. The van der Waals surface area contributed by atoms with E-state index in [4.69, 9.17) is 9.52 Å². The van der Waals surface area contributed by atoms with Gasteiger partial charge in [-0.15, -0.1) is 0 Å². The van der Waals surface area contributed by atoms with Crippen LogP contribution >= 0.6 is 0 Å². The number of hydrogen-bond donors (Lipinski definition) is 2. The van der Waals surface area contributed by atoms with Crippen LogP contribution in [0.1, 0.15) is 49.4 Å². The standard InChI is InChI=1S/C14H21NO4/c1-2-3-11(4-5-13(16)17)6-8-15-14(18)12-7-9-19-10-12/h7,9-11H,2-6,8H2,1H3,(H,15,18)(H,16,17). The summed E-state index contributed by atoms with van der Waals surface area (Å²) in [5.41, 5.74) is 0.512. The van der Waals surface area contributed by atoms with Crippen LogP contribution in [0.15, 0.2) is 23.0 Å². The van der Waals surface area contributed by atoms with E-state index in [-0.39, 0.29) is 12.3 Å². The Balaban J connectivity index is 2.27. The largest absolute Gasteiger partial charge is 0.481 e. The van der Waals surface area contributed by atoms with Crippen molar-refractivity contribution in [3.63, 3.8) is 0 Å². The molecule has 0 aliphatic heterocycles. The predicted octanol–water partition coefficient (Wildman–Crippen LogP) is 2.68. The molecule has 0 saturated heterocycles. The van der Waals surface area contributed by atoms with Crippen LogP contribution in [0.5, 0.6) is 0 Å². The SMILES string of the molecule is CCCC(CCNC(=O)c1ccoc1)CCC(=O)O. The van der Waals surface area contributed by atoms with E-state index < -0.39 is 5.97 Å². The van der Waals surface area contributed by atoms with E-state index in [1.54, 1.807) is 6.07 Å². The summed E-state index contributed by atoms with van der Waals surface area (Å²) in [6, 6.07) is 1.61. The fourth-order valence-corrected chi connectivity index (χ4v) is 2.05. The van der Waals surface area contributed by atoms with Gasteiger partial charge in [0.15, 0.2) is 0 Å². The van der Waals surface area contributed by atoms with Crippen LogP contribution < -0.4 is 5.32 Å². The number of hydrogen-bond acceptors (Lipinski definition) is 3. The molecule has 0 radical (unpaired) electrons. The van der Waals surface area contributed by atoms with Crippen molar-refractivity contribution in [3.05, 3.63) is 24.2 Å². The Labute approximate surface area is 113 Å². The van der Waals surface area contributed by atoms with Crippen molar-refractivity contribution in [2.24, 2.45) is 5.92 Å². The van der Waals surface area contributed by atoms with Gasteiger partial charge in [0, 0.05) is 13.0 Å². The molecule has 1 aromatic rings. The van der Waals surface area contributed by atoms with Crippen LogP contribution in [0.4, 0.5) is 0 Å². The third-order valence-electron chi connectivity index (χ3n) is 3.08. The number of furan rings is 1. The third-order valence-corrected chi connectivity index (χ3v) is 3.08. The lowest BCUT2D eigenvalue weighted by atomic mass is 9.94. The second-order valence-corrected chi connectivity index (χ2v) is 4.64. The Hall–Kier alpha value is -1.78. The number of nitrogens with one attached hydrogen (secondary N) is 1. The van der Waals surface area contributed by atoms with E-state index in [0.717, 1.165) is 19.3 Å². The monoisotopic (exact) mass is 267 g/mol. The zero-order chi connectivity index (χ0) is 14.1. The van der Waals surface area contributed by atoms with Crippen molar-refractivity contribution in [1.82, 2.24) is 5.32 Å². The van der Waals surface area contributed by atoms with Gasteiger partial charge in [0.1, 0.15) is 6.26 Å². The Bertz CT molecular complexity index is 386. The molecule has 1 heterocycles. The smallest absolute Gasteiger partial charge is 0.303 e. The molecule has 2 N–H and O–H groups in total. The molecule has 0 saturated carbocycles. The van der Waals surface area contributed by atoms with Crippen LogP contribution in [0, 0.1) is 5.92 Å². The first-order chi connectivity index (χ1) is 9.13. The van der Waals surface area contributed by atoms with Crippen molar-refractivity contribution in [1.29, 1.82) is 0 Å². The van der Waals surface area contributed by atoms with Crippen LogP contribution in [-0.2, 0) is 4.79 Å². The van der Waals surface area contributed by atoms with Crippen molar-refractivity contribution < 1.29 is 19.1 Å². The fraction of sp³-hybridized carbons (Fsp3) is 0.571. The number of amides is 1. The summed E-state index contributed by atoms with van der Waals surface area (Å²) < 4.78 is 4.84. The Morgan fingerprint density at radius 1 is 1.37 bits per heavy atom. The van der Waals surface area contributed by atoms with Gasteiger partial charge in [-0.05, 0) is 24.8 Å². The molecule has 0 aliphatic rings. The summed E-state index contributed by atoms with van der Waals surface area (Å²) in [6.07, 6.45) is 6.57. The molecule has 0 aliphatic carbocycles. The number of rotatable bonds is 9. The number of aliphatic carboxylic acids is 1. The number of carbonyl (C=O) groups is 2. The average Bonchev–Trinajstić information content (AvgIpc) is 2.89. The van der Waals surface area contributed by atoms with Gasteiger partial charge in [-0.2, -0.15) is 0 Å². The number of carbonyl (C=O) groups excluding carboxylic acids is 1. The van der Waals surface area contributed by atoms with E-state index in [1.165, 1.54) is 12.5 Å². The molecule has 1 aromatic heterocycles. The molecule has 1 amide bonds. The summed E-state index contributed by atoms with van der Waals surface area (Å²) in [7, 11) is 0. The van der Waals surface area contributed by atoms with E-state index >= 15 is 0 Å². The van der Waals surface area contributed by atoms with Crippen LogP contribution in [0.25, 0.3) is 0 Å². The van der Waals surface area contributed by atoms with Gasteiger partial charge in [0.05, 0.1) is 11.8 Å². The van der Waals surface area contributed by atoms with E-state index in [0.29, 0.717) is 24.4 Å². The third kappa shape index (κ3) is 6.08. The van der Waals surface area contributed by atoms with Gasteiger partial charge in [0.25, 0.3) is 5.91 Å². The average molecular weight is 267 g/mol. The number of carboxylic acids is 1. The molecular weight excluding hydrogens is 246 g/mol. The Morgan fingerprint density at radius 3 is 2.74 bits per heavy atom. The lowest BCUT2D eigenvalue weighted by Crippen LogP contribution is -2.25. The van der Waals surface area contributed by atoms with E-state index in [9.17, 15) is 9.59 Å². The highest BCUT2D eigenvalue weighted by Crippen LogP contribution is 2.17. The minimum atomic E-state index is -0.761. The molecule has 1 rings (SSSR count). The molecule has 5 heteroatoms. The minimum Gasteiger partial charge on any atom is -0.481 e. The lowest BCUT2D eigenvalue weighted by Gasteiger charge is -2.15. The van der Waals surface area contributed by atoms with Gasteiger partial charge in [-0.1, -0.05) is 19.8 Å². The first-order valence-corrected chi connectivity index (χ1v) is 6.65. The van der Waals surface area contributed by atoms with Crippen LogP contribution in [-0.4, -0.2) is 23.5 Å². The maximum absolute atomic E-state index is 11.6. The fourth-order valence-electron chi connectivity index (χ4n) is 2.05. The predicted molar refractivity (Wildman–Crippen MR) is 70.9 cm³/mol. The minimum absolute atomic E-state index is 0.151. The topological polar surface area (TPSA) is 79.5 Å². The molecule has 0 fully saturated rings. The first-order valence-electron chi connectivity index (χ1n) is 6.65. The van der Waals surface area contributed by atoms with Gasteiger partial charge >= 0.3 is 5.97 Å². The van der Waals surface area contributed by atoms with Gasteiger partial charge in [-0.25, -0.2) is 0 Å². The Morgan fingerprint density at radius 2 is 2.16 bits per heavy atom. The molecule has 0 aromatic carbocycles. The van der Waals surface area contributed by atoms with E-state index in [1.807, 2.05) is 0 Å². The van der Waals surface area contributed by atoms with Gasteiger partial charge in [0.2, 0.25) is 0 Å². The van der Waals surface area contributed by atoms with Crippen LogP contribution in [0.3, 0.4) is 0 Å². The highest BCUT2D eigenvalue weighted by atomic mass is 16.4. The van der Waals surface area contributed by atoms with E-state index in [2.05, 4.69) is 12.2 Å². The van der Waals surface area contributed by atoms with Crippen molar-refractivity contribution >= 4 is 11.9 Å². The highest BCUT2D eigenvalue weighted by molar-refractivity contribution is 5.93. The summed E-state index contributed by atoms with van der Waals surface area (Å²) >= 11 is 0. The van der Waals surface area contributed by atoms with Gasteiger partial charge < -0.3 is 14.8 Å². The normalized spacial score (nSPS) is 12.1. The zero-order valence-electron chi connectivity index (χ0n) is 11.2. The number of carboxylic acid groups (broad SMARTS) is 1. The highest BCUT2D eigenvalue weighted by Gasteiger charge is 2.11. The zero-order valence-corrected chi connectivity index (χ0v) is 11.2. The summed E-state index contributed by atoms with van der Waals surface area (Å²) in [6.45, 7) is 2.64. The van der Waals surface area contributed by atoms with Gasteiger partial charge in [-0.3, -0.25) is 9.59 Å². The molecule has 1 unspecified atom stereocenters.